The van der Waals surface area contributed by atoms with Gasteiger partial charge in [0.25, 0.3) is 0 Å². The monoisotopic (exact) mass is 347 g/mol. The molecule has 2 rings (SSSR count). The van der Waals surface area contributed by atoms with Gasteiger partial charge in [0.2, 0.25) is 0 Å². The Kier molecular flexibility index (Phi) is 6.38. The number of aliphatic imine (C=N–C) groups is 1. The van der Waals surface area contributed by atoms with Crippen LogP contribution in [-0.2, 0) is 13.6 Å². The minimum atomic E-state index is -0.274. The van der Waals surface area contributed by atoms with Crippen LogP contribution in [0.3, 0.4) is 0 Å². The summed E-state index contributed by atoms with van der Waals surface area (Å²) in [5.74, 6) is 1.06. The number of guanidine groups is 1. The van der Waals surface area contributed by atoms with Crippen LogP contribution in [0.25, 0.3) is 0 Å². The number of benzene rings is 1. The van der Waals surface area contributed by atoms with E-state index in [0.29, 0.717) is 24.8 Å². The first-order valence-corrected chi connectivity index (χ1v) is 8.26. The first-order valence-electron chi connectivity index (χ1n) is 8.26. The van der Waals surface area contributed by atoms with Gasteiger partial charge in [-0.05, 0) is 45.0 Å². The number of hydrogen-bond acceptors (Lipinski definition) is 3. The summed E-state index contributed by atoms with van der Waals surface area (Å²) < 4.78 is 20.5. The number of aryl methyl sites for hydroxylation is 2. The predicted molar refractivity (Wildman–Crippen MR) is 97.4 cm³/mol. The van der Waals surface area contributed by atoms with E-state index in [1.54, 1.807) is 19.2 Å². The molecule has 1 heterocycles. The molecule has 136 valence electrons. The highest BCUT2D eigenvalue weighted by atomic mass is 19.1. The quantitative estimate of drug-likeness (QED) is 0.622. The van der Waals surface area contributed by atoms with Gasteiger partial charge in [0.05, 0.1) is 12.2 Å². The molecule has 25 heavy (non-hydrogen) atoms. The van der Waals surface area contributed by atoms with Crippen LogP contribution in [0, 0.1) is 19.7 Å². The topological polar surface area (TPSA) is 63.5 Å². The summed E-state index contributed by atoms with van der Waals surface area (Å²) in [6.07, 6.45) is -0.0918. The van der Waals surface area contributed by atoms with Crippen LogP contribution in [0.4, 0.5) is 4.39 Å². The van der Waals surface area contributed by atoms with Crippen molar-refractivity contribution in [1.82, 2.24) is 20.4 Å². The first kappa shape index (κ1) is 18.8. The number of halogens is 1. The van der Waals surface area contributed by atoms with Crippen molar-refractivity contribution in [2.75, 3.05) is 13.6 Å². The lowest BCUT2D eigenvalue weighted by Crippen LogP contribution is -2.41. The molecule has 0 fully saturated rings. The molecule has 2 N–H and O–H groups in total. The molecule has 0 radical (unpaired) electrons. The van der Waals surface area contributed by atoms with Gasteiger partial charge in [0.15, 0.2) is 5.96 Å². The Morgan fingerprint density at radius 1 is 1.28 bits per heavy atom. The van der Waals surface area contributed by atoms with Crippen molar-refractivity contribution in [1.29, 1.82) is 0 Å². The Hall–Kier alpha value is -2.57. The van der Waals surface area contributed by atoms with E-state index in [-0.39, 0.29) is 11.9 Å². The highest BCUT2D eigenvalue weighted by Gasteiger charge is 2.10. The summed E-state index contributed by atoms with van der Waals surface area (Å²) >= 11 is 0. The van der Waals surface area contributed by atoms with E-state index in [0.717, 1.165) is 11.4 Å². The molecule has 6 nitrogen and oxygen atoms in total. The molecule has 1 atom stereocenters. The normalized spacial score (nSPS) is 12.8. The van der Waals surface area contributed by atoms with Gasteiger partial charge < -0.3 is 15.4 Å². The largest absolute Gasteiger partial charge is 0.489 e. The summed E-state index contributed by atoms with van der Waals surface area (Å²) in [7, 11) is 3.66. The van der Waals surface area contributed by atoms with Crippen molar-refractivity contribution < 1.29 is 9.13 Å². The molecule has 0 bridgehead atoms. The maximum atomic E-state index is 12.9. The molecule has 2 aromatic rings. The van der Waals surface area contributed by atoms with Gasteiger partial charge in [-0.3, -0.25) is 9.67 Å². The fourth-order valence-electron chi connectivity index (χ4n) is 2.49. The van der Waals surface area contributed by atoms with Crippen LogP contribution < -0.4 is 15.4 Å². The average molecular weight is 347 g/mol. The van der Waals surface area contributed by atoms with E-state index >= 15 is 0 Å². The molecule has 0 amide bonds. The summed E-state index contributed by atoms with van der Waals surface area (Å²) in [6, 6.07) is 6.00. The maximum Gasteiger partial charge on any atom is 0.191 e. The predicted octanol–water partition coefficient (Wildman–Crippen LogP) is 2.31. The van der Waals surface area contributed by atoms with E-state index in [1.807, 2.05) is 32.5 Å². The number of aromatic nitrogens is 2. The van der Waals surface area contributed by atoms with Crippen LogP contribution in [-0.4, -0.2) is 35.4 Å². The number of nitrogens with zero attached hydrogens (tertiary/aromatic N) is 3. The lowest BCUT2D eigenvalue weighted by atomic mass is 10.2. The van der Waals surface area contributed by atoms with Crippen LogP contribution >= 0.6 is 0 Å². The Morgan fingerprint density at radius 3 is 2.52 bits per heavy atom. The van der Waals surface area contributed by atoms with Gasteiger partial charge in [0, 0.05) is 31.9 Å². The molecule has 7 heteroatoms. The maximum absolute atomic E-state index is 12.9. The summed E-state index contributed by atoms with van der Waals surface area (Å²) in [6.45, 7) is 7.21. The standard InChI is InChI=1S/C18H26FN5O/c1-12(25-16-8-6-15(19)7-9-16)10-21-18(20-4)22-11-17-13(2)23-24(5)14(17)3/h6-9,12H,10-11H2,1-5H3,(H2,20,21,22). The van der Waals surface area contributed by atoms with Crippen molar-refractivity contribution in [3.63, 3.8) is 0 Å². The van der Waals surface area contributed by atoms with Gasteiger partial charge in [-0.2, -0.15) is 5.10 Å². The summed E-state index contributed by atoms with van der Waals surface area (Å²) in [4.78, 5) is 4.22. The molecule has 0 saturated carbocycles. The van der Waals surface area contributed by atoms with E-state index in [9.17, 15) is 4.39 Å². The molecule has 0 spiro atoms. The third kappa shape index (κ3) is 5.20. The van der Waals surface area contributed by atoms with Gasteiger partial charge in [0.1, 0.15) is 17.7 Å². The van der Waals surface area contributed by atoms with Crippen LogP contribution in [0.15, 0.2) is 29.3 Å². The van der Waals surface area contributed by atoms with Crippen LogP contribution in [0.1, 0.15) is 23.9 Å². The fourth-order valence-corrected chi connectivity index (χ4v) is 2.49. The highest BCUT2D eigenvalue weighted by Crippen LogP contribution is 2.13. The molecular formula is C18H26FN5O. The summed E-state index contributed by atoms with van der Waals surface area (Å²) in [5, 5.41) is 10.9. The second kappa shape index (κ2) is 8.50. The minimum Gasteiger partial charge on any atom is -0.489 e. The van der Waals surface area contributed by atoms with E-state index < -0.39 is 0 Å². The zero-order chi connectivity index (χ0) is 18.4. The van der Waals surface area contributed by atoms with Crippen molar-refractivity contribution in [3.05, 3.63) is 47.0 Å². The number of ether oxygens (including phenoxy) is 1. The molecule has 1 unspecified atom stereocenters. The van der Waals surface area contributed by atoms with Gasteiger partial charge in [-0.1, -0.05) is 0 Å². The van der Waals surface area contributed by atoms with Crippen LogP contribution in [0.2, 0.25) is 0 Å². The Balaban J connectivity index is 1.82. The van der Waals surface area contributed by atoms with Gasteiger partial charge in [-0.25, -0.2) is 4.39 Å². The summed E-state index contributed by atoms with van der Waals surface area (Å²) in [5.41, 5.74) is 3.31. The minimum absolute atomic E-state index is 0.0918. The van der Waals surface area contributed by atoms with Gasteiger partial charge in [-0.15, -0.1) is 0 Å². The zero-order valence-electron chi connectivity index (χ0n) is 15.4. The SMILES string of the molecule is CN=C(NCc1c(C)nn(C)c1C)NCC(C)Oc1ccc(F)cc1. The molecule has 0 aliphatic heterocycles. The third-order valence-corrected chi connectivity index (χ3v) is 4.02. The van der Waals surface area contributed by atoms with Crippen molar-refractivity contribution in [2.45, 2.75) is 33.4 Å². The average Bonchev–Trinajstić information content (AvgIpc) is 2.82. The second-order valence-electron chi connectivity index (χ2n) is 5.96. The molecule has 0 saturated heterocycles. The zero-order valence-corrected chi connectivity index (χ0v) is 15.4. The Labute approximate surface area is 148 Å². The van der Waals surface area contributed by atoms with Crippen molar-refractivity contribution >= 4 is 5.96 Å². The molecule has 0 aliphatic carbocycles. The van der Waals surface area contributed by atoms with E-state index in [2.05, 4.69) is 20.7 Å². The smallest absolute Gasteiger partial charge is 0.191 e. The lowest BCUT2D eigenvalue weighted by Gasteiger charge is -2.18. The van der Waals surface area contributed by atoms with Gasteiger partial charge >= 0.3 is 0 Å². The van der Waals surface area contributed by atoms with Crippen LogP contribution in [0.5, 0.6) is 5.75 Å². The van der Waals surface area contributed by atoms with Crippen molar-refractivity contribution in [3.8, 4) is 5.75 Å². The second-order valence-corrected chi connectivity index (χ2v) is 5.96. The first-order chi connectivity index (χ1) is 11.9. The molecule has 1 aromatic carbocycles. The third-order valence-electron chi connectivity index (χ3n) is 4.02. The molecular weight excluding hydrogens is 321 g/mol. The Bertz CT molecular complexity index is 724. The van der Waals surface area contributed by atoms with E-state index in [1.165, 1.54) is 17.7 Å². The van der Waals surface area contributed by atoms with Crippen molar-refractivity contribution in [2.24, 2.45) is 12.0 Å². The number of rotatable bonds is 6. The van der Waals surface area contributed by atoms with E-state index in [4.69, 9.17) is 4.74 Å². The molecule has 0 aliphatic rings. The number of hydrogen-bond donors (Lipinski definition) is 2. The fraction of sp³-hybridized carbons (Fsp3) is 0.444. The molecule has 1 aromatic heterocycles. The lowest BCUT2D eigenvalue weighted by molar-refractivity contribution is 0.223. The highest BCUT2D eigenvalue weighted by molar-refractivity contribution is 5.79. The Morgan fingerprint density at radius 2 is 1.96 bits per heavy atom. The number of nitrogens with one attached hydrogen (secondary N) is 2.